The molecule has 1 fully saturated rings. The average Bonchev–Trinajstić information content (AvgIpc) is 2.03. The number of hydrogen-bond acceptors (Lipinski definition) is 3. The first-order valence-electron chi connectivity index (χ1n) is 4.14. The first-order chi connectivity index (χ1) is 5.63. The molecule has 0 aliphatic carbocycles. The van der Waals surface area contributed by atoms with Crippen LogP contribution in [-0.4, -0.2) is 22.3 Å². The molecule has 3 nitrogen and oxygen atoms in total. The first-order valence-corrected chi connectivity index (χ1v) is 5.39. The minimum absolute atomic E-state index is 0.0248. The molecule has 1 rings (SSSR count). The van der Waals surface area contributed by atoms with Crippen molar-refractivity contribution >= 4 is 28.7 Å². The second kappa shape index (κ2) is 4.30. The summed E-state index contributed by atoms with van der Waals surface area (Å²) < 4.78 is 10.3. The van der Waals surface area contributed by atoms with Gasteiger partial charge < -0.3 is 9.47 Å². The smallest absolute Gasteiger partial charge is 0.431 e. The van der Waals surface area contributed by atoms with Crippen molar-refractivity contribution in [1.29, 1.82) is 0 Å². The van der Waals surface area contributed by atoms with Gasteiger partial charge in [-0.15, -0.1) is 0 Å². The maximum atomic E-state index is 10.9. The highest BCUT2D eigenvalue weighted by atomic mass is 127. The standard InChI is InChI=1S/C8H13IO3/c1-3-6-4-7(5(2)9)12-8(10)11-6/h5-7H,3-4H2,1-2H3/t5-,6-,7-/m0/s1. The third-order valence-electron chi connectivity index (χ3n) is 1.97. The monoisotopic (exact) mass is 284 g/mol. The van der Waals surface area contributed by atoms with E-state index < -0.39 is 6.16 Å². The number of carbonyl (C=O) groups is 1. The van der Waals surface area contributed by atoms with Gasteiger partial charge in [0.2, 0.25) is 0 Å². The number of cyclic esters (lactones) is 2. The van der Waals surface area contributed by atoms with E-state index in [1.807, 2.05) is 13.8 Å². The fourth-order valence-corrected chi connectivity index (χ4v) is 1.61. The van der Waals surface area contributed by atoms with E-state index >= 15 is 0 Å². The molecule has 0 N–H and O–H groups in total. The van der Waals surface area contributed by atoms with Crippen LogP contribution in [0.2, 0.25) is 0 Å². The zero-order valence-electron chi connectivity index (χ0n) is 7.25. The van der Waals surface area contributed by atoms with Crippen molar-refractivity contribution in [3.63, 3.8) is 0 Å². The lowest BCUT2D eigenvalue weighted by molar-refractivity contribution is -0.0582. The van der Waals surface area contributed by atoms with Crippen LogP contribution in [-0.2, 0) is 9.47 Å². The van der Waals surface area contributed by atoms with Crippen molar-refractivity contribution in [3.8, 4) is 0 Å². The minimum atomic E-state index is -0.512. The van der Waals surface area contributed by atoms with Crippen LogP contribution in [0.3, 0.4) is 0 Å². The van der Waals surface area contributed by atoms with Gasteiger partial charge in [0.25, 0.3) is 0 Å². The van der Waals surface area contributed by atoms with Crippen LogP contribution < -0.4 is 0 Å². The average molecular weight is 284 g/mol. The van der Waals surface area contributed by atoms with Gasteiger partial charge in [-0.1, -0.05) is 29.5 Å². The molecule has 3 atom stereocenters. The molecule has 0 aromatic rings. The normalized spacial score (nSPS) is 32.1. The number of rotatable bonds is 2. The van der Waals surface area contributed by atoms with Gasteiger partial charge in [-0.2, -0.15) is 0 Å². The number of alkyl halides is 1. The van der Waals surface area contributed by atoms with Crippen LogP contribution in [0.4, 0.5) is 4.79 Å². The quantitative estimate of drug-likeness (QED) is 0.444. The number of halogens is 1. The molecule has 1 saturated heterocycles. The van der Waals surface area contributed by atoms with Crippen molar-refractivity contribution in [2.24, 2.45) is 0 Å². The Labute approximate surface area is 85.9 Å². The van der Waals surface area contributed by atoms with E-state index in [1.54, 1.807) is 0 Å². The Morgan fingerprint density at radius 1 is 1.67 bits per heavy atom. The molecule has 0 amide bonds. The van der Waals surface area contributed by atoms with Gasteiger partial charge in [-0.05, 0) is 13.3 Å². The predicted molar refractivity (Wildman–Crippen MR) is 53.5 cm³/mol. The van der Waals surface area contributed by atoms with Crippen LogP contribution in [0.1, 0.15) is 26.7 Å². The highest BCUT2D eigenvalue weighted by Crippen LogP contribution is 2.23. The molecule has 0 radical (unpaired) electrons. The molecule has 12 heavy (non-hydrogen) atoms. The molecule has 0 aromatic heterocycles. The summed E-state index contributed by atoms with van der Waals surface area (Å²) in [5, 5.41) is 0. The second-order valence-electron chi connectivity index (χ2n) is 2.97. The van der Waals surface area contributed by atoms with E-state index in [4.69, 9.17) is 9.47 Å². The largest absolute Gasteiger partial charge is 0.508 e. The van der Waals surface area contributed by atoms with Crippen molar-refractivity contribution in [2.75, 3.05) is 0 Å². The maximum absolute atomic E-state index is 10.9. The summed E-state index contributed by atoms with van der Waals surface area (Å²) in [6, 6.07) is 0. The van der Waals surface area contributed by atoms with Crippen LogP contribution in [0.15, 0.2) is 0 Å². The van der Waals surface area contributed by atoms with Gasteiger partial charge in [-0.3, -0.25) is 0 Å². The second-order valence-corrected chi connectivity index (χ2v) is 4.93. The van der Waals surface area contributed by atoms with E-state index in [2.05, 4.69) is 22.6 Å². The van der Waals surface area contributed by atoms with Crippen molar-refractivity contribution in [2.45, 2.75) is 42.8 Å². The van der Waals surface area contributed by atoms with Crippen LogP contribution in [0.25, 0.3) is 0 Å². The Morgan fingerprint density at radius 3 is 2.83 bits per heavy atom. The summed E-state index contributed by atoms with van der Waals surface area (Å²) in [6.07, 6.45) is 1.26. The molecular weight excluding hydrogens is 271 g/mol. The zero-order chi connectivity index (χ0) is 9.14. The lowest BCUT2D eigenvalue weighted by atomic mass is 10.1. The number of ether oxygens (including phenoxy) is 2. The summed E-state index contributed by atoms with van der Waals surface area (Å²) in [5.41, 5.74) is 0. The maximum Gasteiger partial charge on any atom is 0.508 e. The zero-order valence-corrected chi connectivity index (χ0v) is 9.41. The topological polar surface area (TPSA) is 35.5 Å². The predicted octanol–water partition coefficient (Wildman–Crippen LogP) is 2.51. The Balaban J connectivity index is 2.51. The summed E-state index contributed by atoms with van der Waals surface area (Å²) >= 11 is 2.27. The molecular formula is C8H13IO3. The lowest BCUT2D eigenvalue weighted by Gasteiger charge is -2.29. The van der Waals surface area contributed by atoms with Gasteiger partial charge >= 0.3 is 6.16 Å². The van der Waals surface area contributed by atoms with Gasteiger partial charge in [0.1, 0.15) is 12.2 Å². The fourth-order valence-electron chi connectivity index (χ4n) is 1.17. The van der Waals surface area contributed by atoms with Crippen LogP contribution >= 0.6 is 22.6 Å². The highest BCUT2D eigenvalue weighted by molar-refractivity contribution is 14.1. The molecule has 0 unspecified atom stereocenters. The van der Waals surface area contributed by atoms with E-state index in [0.29, 0.717) is 3.92 Å². The van der Waals surface area contributed by atoms with Crippen molar-refractivity contribution in [1.82, 2.24) is 0 Å². The van der Waals surface area contributed by atoms with Gasteiger partial charge in [-0.25, -0.2) is 4.79 Å². The Hall–Kier alpha value is 0. The summed E-state index contributed by atoms with van der Waals surface area (Å²) in [6.45, 7) is 4.05. The van der Waals surface area contributed by atoms with Crippen LogP contribution in [0, 0.1) is 0 Å². The summed E-state index contributed by atoms with van der Waals surface area (Å²) in [5.74, 6) is 0. The molecule has 4 heteroatoms. The summed E-state index contributed by atoms with van der Waals surface area (Å²) in [4.78, 5) is 10.9. The summed E-state index contributed by atoms with van der Waals surface area (Å²) in [7, 11) is 0. The molecule has 70 valence electrons. The third kappa shape index (κ3) is 2.50. The van der Waals surface area contributed by atoms with Crippen molar-refractivity contribution in [3.05, 3.63) is 0 Å². The first kappa shape index (κ1) is 10.1. The fraction of sp³-hybridized carbons (Fsp3) is 0.875. The lowest BCUT2D eigenvalue weighted by Crippen LogP contribution is -2.37. The van der Waals surface area contributed by atoms with E-state index in [0.717, 1.165) is 12.8 Å². The Bertz CT molecular complexity index is 170. The third-order valence-corrected chi connectivity index (χ3v) is 2.78. The molecule has 0 saturated carbocycles. The van der Waals surface area contributed by atoms with E-state index in [1.165, 1.54) is 0 Å². The SMILES string of the molecule is CC[C@H]1C[C@@H]([C@H](C)I)OC(=O)O1. The van der Waals surface area contributed by atoms with Crippen molar-refractivity contribution < 1.29 is 14.3 Å². The Kier molecular flexibility index (Phi) is 3.61. The molecule has 0 spiro atoms. The molecule has 0 aromatic carbocycles. The van der Waals surface area contributed by atoms with E-state index in [-0.39, 0.29) is 12.2 Å². The highest BCUT2D eigenvalue weighted by Gasteiger charge is 2.31. The van der Waals surface area contributed by atoms with Gasteiger partial charge in [0.05, 0.1) is 0 Å². The minimum Gasteiger partial charge on any atom is -0.431 e. The molecule has 1 aliphatic rings. The number of hydrogen-bond donors (Lipinski definition) is 0. The molecule has 1 heterocycles. The van der Waals surface area contributed by atoms with E-state index in [9.17, 15) is 4.79 Å². The van der Waals surface area contributed by atoms with Gasteiger partial charge in [0.15, 0.2) is 0 Å². The molecule has 1 aliphatic heterocycles. The van der Waals surface area contributed by atoms with Crippen LogP contribution in [0.5, 0.6) is 0 Å². The molecule has 0 bridgehead atoms. The van der Waals surface area contributed by atoms with Gasteiger partial charge in [0, 0.05) is 10.3 Å². The Morgan fingerprint density at radius 2 is 2.33 bits per heavy atom. The number of carbonyl (C=O) groups excluding carboxylic acids is 1.